The third-order valence-electron chi connectivity index (χ3n) is 3.94. The maximum Gasteiger partial charge on any atom is 0.258 e. The average molecular weight is 381 g/mol. The number of halogens is 1. The van der Waals surface area contributed by atoms with E-state index >= 15 is 0 Å². The third-order valence-corrected chi connectivity index (χ3v) is 3.94. The summed E-state index contributed by atoms with van der Waals surface area (Å²) in [5.74, 6) is 1.01. The lowest BCUT2D eigenvalue weighted by Crippen LogP contribution is -2.34. The van der Waals surface area contributed by atoms with Crippen molar-refractivity contribution < 1.29 is 19.0 Å². The number of carbonyl (C=O) groups excluding carboxylic acids is 1. The highest BCUT2D eigenvalue weighted by Gasteiger charge is 2.21. The molecule has 2 aromatic rings. The summed E-state index contributed by atoms with van der Waals surface area (Å²) in [5.41, 5.74) is 8.52. The number of nitrogens with two attached hydrogens (primary N) is 1. The summed E-state index contributed by atoms with van der Waals surface area (Å²) in [6.07, 6.45) is 0. The number of hydrogen-bond donors (Lipinski definition) is 1. The van der Waals surface area contributed by atoms with Crippen molar-refractivity contribution in [3.05, 3.63) is 47.5 Å². The Kier molecular flexibility index (Phi) is 8.22. The summed E-state index contributed by atoms with van der Waals surface area (Å²) in [7, 11) is 4.73. The molecule has 0 aliphatic rings. The van der Waals surface area contributed by atoms with Crippen molar-refractivity contribution in [3.8, 4) is 11.5 Å². The molecule has 2 rings (SSSR count). The van der Waals surface area contributed by atoms with Crippen molar-refractivity contribution in [3.63, 3.8) is 0 Å². The zero-order valence-corrected chi connectivity index (χ0v) is 16.3. The molecule has 0 unspecified atom stereocenters. The van der Waals surface area contributed by atoms with E-state index in [2.05, 4.69) is 0 Å². The first-order valence-electron chi connectivity index (χ1n) is 7.90. The first-order chi connectivity index (χ1) is 12.0. The number of benzene rings is 2. The molecule has 0 heterocycles. The molecule has 6 nitrogen and oxygen atoms in total. The number of carbonyl (C=O) groups is 1. The van der Waals surface area contributed by atoms with Gasteiger partial charge in [-0.2, -0.15) is 0 Å². The first kappa shape index (κ1) is 21.6. The summed E-state index contributed by atoms with van der Waals surface area (Å²) >= 11 is 0. The van der Waals surface area contributed by atoms with Crippen LogP contribution in [0.15, 0.2) is 36.4 Å². The van der Waals surface area contributed by atoms with Gasteiger partial charge >= 0.3 is 0 Å². The van der Waals surface area contributed by atoms with Crippen LogP contribution in [-0.4, -0.2) is 40.4 Å². The third kappa shape index (κ3) is 4.80. The molecule has 0 aliphatic carbocycles. The Hall–Kier alpha value is -2.44. The van der Waals surface area contributed by atoms with Crippen LogP contribution in [0.2, 0.25) is 0 Å². The number of rotatable bonds is 7. The number of aryl methyl sites for hydroxylation is 1. The van der Waals surface area contributed by atoms with Gasteiger partial charge in [-0.1, -0.05) is 6.07 Å². The Morgan fingerprint density at radius 1 is 1.04 bits per heavy atom. The molecule has 142 valence electrons. The second-order valence-corrected chi connectivity index (χ2v) is 5.56. The highest BCUT2D eigenvalue weighted by atomic mass is 35.5. The fraction of sp³-hybridized carbons (Fsp3) is 0.316. The first-order valence-corrected chi connectivity index (χ1v) is 7.90. The van der Waals surface area contributed by atoms with E-state index in [1.165, 1.54) is 0 Å². The van der Waals surface area contributed by atoms with Crippen LogP contribution in [0.4, 0.5) is 11.4 Å². The van der Waals surface area contributed by atoms with Gasteiger partial charge in [0.15, 0.2) is 11.5 Å². The number of amides is 1. The molecule has 0 aliphatic heterocycles. The van der Waals surface area contributed by atoms with Crippen LogP contribution in [0, 0.1) is 6.92 Å². The van der Waals surface area contributed by atoms with Gasteiger partial charge in [-0.05, 0) is 36.8 Å². The maximum absolute atomic E-state index is 13.1. The smallest absolute Gasteiger partial charge is 0.258 e. The zero-order valence-electron chi connectivity index (χ0n) is 15.4. The highest BCUT2D eigenvalue weighted by Crippen LogP contribution is 2.32. The lowest BCUT2D eigenvalue weighted by atomic mass is 10.1. The predicted octanol–water partition coefficient (Wildman–Crippen LogP) is 3.31. The molecule has 0 saturated heterocycles. The van der Waals surface area contributed by atoms with Gasteiger partial charge in [0.25, 0.3) is 5.91 Å². The van der Waals surface area contributed by atoms with Crippen LogP contribution >= 0.6 is 12.4 Å². The maximum atomic E-state index is 13.1. The number of ether oxygens (including phenoxy) is 3. The van der Waals surface area contributed by atoms with E-state index in [0.29, 0.717) is 41.6 Å². The molecule has 2 aromatic carbocycles. The number of anilines is 2. The van der Waals surface area contributed by atoms with Gasteiger partial charge in [-0.3, -0.25) is 4.79 Å². The van der Waals surface area contributed by atoms with Gasteiger partial charge in [0.05, 0.1) is 20.8 Å². The van der Waals surface area contributed by atoms with Gasteiger partial charge in [0.2, 0.25) is 0 Å². The molecule has 0 saturated carbocycles. The normalized spacial score (nSPS) is 10.0. The van der Waals surface area contributed by atoms with Crippen LogP contribution in [0.5, 0.6) is 11.5 Å². The van der Waals surface area contributed by atoms with E-state index < -0.39 is 0 Å². The van der Waals surface area contributed by atoms with Gasteiger partial charge in [0, 0.05) is 36.7 Å². The van der Waals surface area contributed by atoms with Crippen molar-refractivity contribution in [2.75, 3.05) is 45.1 Å². The van der Waals surface area contributed by atoms with Crippen molar-refractivity contribution in [1.82, 2.24) is 0 Å². The second-order valence-electron chi connectivity index (χ2n) is 5.56. The Morgan fingerprint density at radius 2 is 1.73 bits per heavy atom. The fourth-order valence-electron chi connectivity index (χ4n) is 2.54. The van der Waals surface area contributed by atoms with Crippen molar-refractivity contribution in [2.45, 2.75) is 6.92 Å². The minimum Gasteiger partial charge on any atom is -0.493 e. The minimum atomic E-state index is -0.144. The molecule has 0 radical (unpaired) electrons. The predicted molar refractivity (Wildman–Crippen MR) is 106 cm³/mol. The van der Waals surface area contributed by atoms with Gasteiger partial charge in [0.1, 0.15) is 0 Å². The van der Waals surface area contributed by atoms with Gasteiger partial charge in [-0.15, -0.1) is 12.4 Å². The SMILES string of the molecule is COCCN(C(=O)c1cc(N)ccc1C)c1ccc(OC)c(OC)c1.Cl. The number of hydrogen-bond acceptors (Lipinski definition) is 5. The molecule has 0 fully saturated rings. The Labute approximate surface area is 160 Å². The van der Waals surface area contributed by atoms with Crippen molar-refractivity contribution >= 4 is 29.7 Å². The molecular weight excluding hydrogens is 356 g/mol. The molecule has 26 heavy (non-hydrogen) atoms. The lowest BCUT2D eigenvalue weighted by molar-refractivity contribution is 0.0975. The Bertz CT molecular complexity index is 752. The molecule has 0 atom stereocenters. The standard InChI is InChI=1S/C19H24N2O4.ClH/c1-13-5-6-14(20)11-16(13)19(22)21(9-10-23-2)15-7-8-17(24-3)18(12-15)25-4;/h5-8,11-12H,9-10,20H2,1-4H3;1H. The van der Waals surface area contributed by atoms with Gasteiger partial charge in [-0.25, -0.2) is 0 Å². The van der Waals surface area contributed by atoms with E-state index in [9.17, 15) is 4.79 Å². The Morgan fingerprint density at radius 3 is 2.35 bits per heavy atom. The summed E-state index contributed by atoms with van der Waals surface area (Å²) < 4.78 is 15.8. The van der Waals surface area contributed by atoms with Crippen molar-refractivity contribution in [1.29, 1.82) is 0 Å². The summed E-state index contributed by atoms with van der Waals surface area (Å²) in [6.45, 7) is 2.69. The molecule has 0 spiro atoms. The fourth-order valence-corrected chi connectivity index (χ4v) is 2.54. The van der Waals surface area contributed by atoms with E-state index in [1.54, 1.807) is 50.5 Å². The quantitative estimate of drug-likeness (QED) is 0.746. The van der Waals surface area contributed by atoms with Crippen LogP contribution in [0.3, 0.4) is 0 Å². The molecule has 2 N–H and O–H groups in total. The lowest BCUT2D eigenvalue weighted by Gasteiger charge is -2.24. The Balaban J connectivity index is 0.00000338. The van der Waals surface area contributed by atoms with Gasteiger partial charge < -0.3 is 24.8 Å². The molecule has 0 bridgehead atoms. The molecular formula is C19H25ClN2O4. The van der Waals surface area contributed by atoms with E-state index in [0.717, 1.165) is 5.56 Å². The monoisotopic (exact) mass is 380 g/mol. The summed E-state index contributed by atoms with van der Waals surface area (Å²) in [4.78, 5) is 14.8. The number of methoxy groups -OCH3 is 3. The number of nitrogens with zero attached hydrogens (tertiary/aromatic N) is 1. The van der Waals surface area contributed by atoms with E-state index in [1.807, 2.05) is 19.1 Å². The molecule has 1 amide bonds. The van der Waals surface area contributed by atoms with Crippen LogP contribution in [0.1, 0.15) is 15.9 Å². The minimum absolute atomic E-state index is 0. The van der Waals surface area contributed by atoms with Crippen LogP contribution in [-0.2, 0) is 4.74 Å². The van der Waals surface area contributed by atoms with Crippen LogP contribution < -0.4 is 20.1 Å². The average Bonchev–Trinajstić information content (AvgIpc) is 2.63. The second kappa shape index (κ2) is 9.89. The van der Waals surface area contributed by atoms with Crippen molar-refractivity contribution in [2.24, 2.45) is 0 Å². The van der Waals surface area contributed by atoms with E-state index in [-0.39, 0.29) is 18.3 Å². The molecule has 7 heteroatoms. The number of nitrogen functional groups attached to an aromatic ring is 1. The topological polar surface area (TPSA) is 74.0 Å². The summed E-state index contributed by atoms with van der Waals surface area (Å²) in [6, 6.07) is 10.7. The largest absolute Gasteiger partial charge is 0.493 e. The summed E-state index contributed by atoms with van der Waals surface area (Å²) in [5, 5.41) is 0. The molecule has 0 aromatic heterocycles. The van der Waals surface area contributed by atoms with Crippen LogP contribution in [0.25, 0.3) is 0 Å². The zero-order chi connectivity index (χ0) is 18.4. The van der Waals surface area contributed by atoms with E-state index in [4.69, 9.17) is 19.9 Å². The highest BCUT2D eigenvalue weighted by molar-refractivity contribution is 6.07.